The normalized spacial score (nSPS) is 16.6. The molecule has 2 aromatic carbocycles. The summed E-state index contributed by atoms with van der Waals surface area (Å²) in [6, 6.07) is 15.3. The number of fused-ring (bicyclic) bond motifs is 2. The van der Waals surface area contributed by atoms with Crippen LogP contribution in [-0.4, -0.2) is 72.6 Å². The zero-order valence-electron chi connectivity index (χ0n) is 29.6. The van der Waals surface area contributed by atoms with Gasteiger partial charge < -0.3 is 25.0 Å². The summed E-state index contributed by atoms with van der Waals surface area (Å²) in [6.07, 6.45) is 6.86. The number of phenolic OH excluding ortho intramolecular Hbond substituents is 1. The van der Waals surface area contributed by atoms with Gasteiger partial charge in [-0.2, -0.15) is 0 Å². The number of pyridine rings is 2. The van der Waals surface area contributed by atoms with E-state index in [-0.39, 0.29) is 41.0 Å². The number of amides is 1. The molecule has 12 nitrogen and oxygen atoms in total. The van der Waals surface area contributed by atoms with Crippen LogP contribution >= 0.6 is 0 Å². The second-order valence-corrected chi connectivity index (χ2v) is 13.7. The molecule has 4 aromatic heterocycles. The molecular formula is C39H40F2N8O4. The molecule has 7 rings (SSSR count). The average Bonchev–Trinajstić information content (AvgIpc) is 3.55. The first-order valence-corrected chi connectivity index (χ1v) is 17.5. The molecule has 53 heavy (non-hydrogen) atoms. The van der Waals surface area contributed by atoms with Crippen molar-refractivity contribution in [1.82, 2.24) is 39.0 Å². The van der Waals surface area contributed by atoms with Gasteiger partial charge in [0.05, 0.1) is 29.0 Å². The van der Waals surface area contributed by atoms with Gasteiger partial charge in [0, 0.05) is 45.1 Å². The molecule has 4 heterocycles. The molecule has 6 aromatic rings. The maximum Gasteiger partial charge on any atom is 0.337 e. The van der Waals surface area contributed by atoms with E-state index in [0.29, 0.717) is 54.7 Å². The predicted octanol–water partition coefficient (Wildman–Crippen LogP) is 4.34. The predicted molar refractivity (Wildman–Crippen MR) is 197 cm³/mol. The number of hydrogen-bond acceptors (Lipinski definition) is 8. The Morgan fingerprint density at radius 1 is 1.00 bits per heavy atom. The molecular weight excluding hydrogens is 682 g/mol. The van der Waals surface area contributed by atoms with Crippen LogP contribution in [0.3, 0.4) is 0 Å². The van der Waals surface area contributed by atoms with Crippen molar-refractivity contribution < 1.29 is 18.7 Å². The fraction of sp³-hybridized carbons (Fsp3) is 0.308. The zero-order valence-corrected chi connectivity index (χ0v) is 29.6. The Bertz CT molecular complexity index is 2450. The molecule has 0 saturated heterocycles. The van der Waals surface area contributed by atoms with E-state index in [1.54, 1.807) is 74.2 Å². The van der Waals surface area contributed by atoms with Crippen LogP contribution in [0.25, 0.3) is 33.5 Å². The molecule has 1 unspecified atom stereocenters. The highest BCUT2D eigenvalue weighted by Crippen LogP contribution is 2.31. The van der Waals surface area contributed by atoms with Crippen molar-refractivity contribution in [3.05, 3.63) is 123 Å². The summed E-state index contributed by atoms with van der Waals surface area (Å²) in [6.45, 7) is 0.479. The molecule has 1 amide bonds. The zero-order chi connectivity index (χ0) is 37.4. The second kappa shape index (κ2) is 14.7. The van der Waals surface area contributed by atoms with Gasteiger partial charge in [-0.25, -0.2) is 28.1 Å². The number of nitrogens with one attached hydrogen (secondary N) is 2. The van der Waals surface area contributed by atoms with Gasteiger partial charge in [0.2, 0.25) is 5.91 Å². The van der Waals surface area contributed by atoms with E-state index < -0.39 is 29.1 Å². The Labute approximate surface area is 303 Å². The third-order valence-corrected chi connectivity index (χ3v) is 10.0. The topological polar surface area (TPSA) is 139 Å². The fourth-order valence-corrected chi connectivity index (χ4v) is 7.31. The summed E-state index contributed by atoms with van der Waals surface area (Å²) in [5, 5.41) is 16.9. The van der Waals surface area contributed by atoms with Crippen molar-refractivity contribution in [3.63, 3.8) is 0 Å². The fourth-order valence-electron chi connectivity index (χ4n) is 7.31. The number of benzene rings is 2. The van der Waals surface area contributed by atoms with Crippen LogP contribution in [-0.2, 0) is 17.8 Å². The quantitative estimate of drug-likeness (QED) is 0.190. The minimum atomic E-state index is -0.692. The van der Waals surface area contributed by atoms with Crippen LogP contribution in [0.5, 0.6) is 5.75 Å². The molecule has 274 valence electrons. The lowest BCUT2D eigenvalue weighted by Gasteiger charge is -2.30. The summed E-state index contributed by atoms with van der Waals surface area (Å²) in [7, 11) is 5.06. The summed E-state index contributed by atoms with van der Waals surface area (Å²) >= 11 is 0. The Hall–Kier alpha value is -5.73. The number of carbonyl (C=O) groups excluding carboxylic acids is 1. The van der Waals surface area contributed by atoms with Crippen molar-refractivity contribution in [1.29, 1.82) is 0 Å². The van der Waals surface area contributed by atoms with Gasteiger partial charge in [0.1, 0.15) is 23.0 Å². The lowest BCUT2D eigenvalue weighted by atomic mass is 9.91. The molecule has 1 fully saturated rings. The van der Waals surface area contributed by atoms with Crippen molar-refractivity contribution in [2.75, 3.05) is 21.1 Å². The number of imidazole rings is 1. The molecule has 1 saturated carbocycles. The number of aromatic nitrogens is 5. The highest BCUT2D eigenvalue weighted by Gasteiger charge is 2.28. The summed E-state index contributed by atoms with van der Waals surface area (Å²) in [5.41, 5.74) is 2.85. The highest BCUT2D eigenvalue weighted by atomic mass is 19.1. The Morgan fingerprint density at radius 3 is 2.55 bits per heavy atom. The molecule has 0 spiro atoms. The lowest BCUT2D eigenvalue weighted by molar-refractivity contribution is -0.130. The molecule has 14 heteroatoms. The first-order valence-electron chi connectivity index (χ1n) is 17.5. The van der Waals surface area contributed by atoms with E-state index in [1.165, 1.54) is 26.3 Å². The Morgan fingerprint density at radius 2 is 1.79 bits per heavy atom. The van der Waals surface area contributed by atoms with E-state index in [1.807, 2.05) is 6.07 Å². The number of aromatic hydroxyl groups is 1. The monoisotopic (exact) mass is 722 g/mol. The molecule has 1 atom stereocenters. The van der Waals surface area contributed by atoms with Crippen LogP contribution in [0.1, 0.15) is 43.0 Å². The largest absolute Gasteiger partial charge is 0.508 e. The second-order valence-electron chi connectivity index (χ2n) is 13.7. The number of likely N-dealkylation sites (N-methyl/N-ethyl adjacent to an activating group) is 2. The third-order valence-electron chi connectivity index (χ3n) is 10.0. The number of hydrogen-bond donors (Lipinski definition) is 3. The molecule has 1 aliphatic rings. The van der Waals surface area contributed by atoms with Crippen molar-refractivity contribution in [2.45, 2.75) is 56.8 Å². The maximum atomic E-state index is 14.6. The first-order chi connectivity index (χ1) is 25.5. The summed E-state index contributed by atoms with van der Waals surface area (Å²) in [5.74, 6) is -1.11. The first kappa shape index (κ1) is 35.7. The van der Waals surface area contributed by atoms with Gasteiger partial charge in [-0.1, -0.05) is 18.2 Å². The number of carbonyl (C=O) groups is 1. The highest BCUT2D eigenvalue weighted by molar-refractivity contribution is 5.82. The van der Waals surface area contributed by atoms with E-state index in [9.17, 15) is 28.3 Å². The average molecular weight is 723 g/mol. The van der Waals surface area contributed by atoms with Crippen LogP contribution in [0.4, 0.5) is 8.78 Å². The SMILES string of the molecule is CNC(Cc1cc(O)ccc1-c1cccc(-n2c(=O)n(C3CCC(NCc4cn5cc(F)ccc5n4)CC3)c(=O)c3cc(F)cnc32)c1)C(=O)N(C)C. The summed E-state index contributed by atoms with van der Waals surface area (Å²) in [4.78, 5) is 51.5. The Balaban J connectivity index is 1.20. The van der Waals surface area contributed by atoms with Crippen molar-refractivity contribution in [2.24, 2.45) is 0 Å². The lowest BCUT2D eigenvalue weighted by Crippen LogP contribution is -2.44. The van der Waals surface area contributed by atoms with Crippen molar-refractivity contribution >= 4 is 22.6 Å². The third kappa shape index (κ3) is 7.19. The maximum absolute atomic E-state index is 14.6. The molecule has 0 radical (unpaired) electrons. The van der Waals surface area contributed by atoms with Crippen LogP contribution in [0, 0.1) is 11.6 Å². The van der Waals surface area contributed by atoms with Crippen LogP contribution < -0.4 is 21.9 Å². The standard InChI is InChI=1S/C39H40F2N8O4/c1-42-34(38(52)46(2)3)17-24-16-31(50)12-13-32(24)23-5-4-6-30(15-23)48-36-33(18-26(41)19-44-36)37(51)49(39(48)53)29-10-8-27(9-11-29)43-20-28-22-47-21-25(40)7-14-35(47)45-28/h4-7,12-16,18-19,21-22,27,29,34,42-43,50H,8-11,17,20H2,1-3H3. The van der Waals surface area contributed by atoms with Gasteiger partial charge in [0.15, 0.2) is 5.65 Å². The minimum absolute atomic E-state index is 0.0112. The van der Waals surface area contributed by atoms with E-state index in [4.69, 9.17) is 0 Å². The van der Waals surface area contributed by atoms with Crippen molar-refractivity contribution in [3.8, 4) is 22.6 Å². The van der Waals surface area contributed by atoms with Gasteiger partial charge in [-0.05, 0) is 98.3 Å². The van der Waals surface area contributed by atoms with Gasteiger partial charge >= 0.3 is 5.69 Å². The van der Waals surface area contributed by atoms with Crippen LogP contribution in [0.2, 0.25) is 0 Å². The molecule has 3 N–H and O–H groups in total. The summed E-state index contributed by atoms with van der Waals surface area (Å²) < 4.78 is 32.5. The molecule has 1 aliphatic carbocycles. The van der Waals surface area contributed by atoms with Crippen LogP contribution in [0.15, 0.2) is 88.8 Å². The number of rotatable bonds is 10. The van der Waals surface area contributed by atoms with Gasteiger partial charge in [0.25, 0.3) is 5.56 Å². The smallest absolute Gasteiger partial charge is 0.337 e. The number of phenols is 1. The Kier molecular flexibility index (Phi) is 9.90. The minimum Gasteiger partial charge on any atom is -0.508 e. The van der Waals surface area contributed by atoms with E-state index in [0.717, 1.165) is 23.5 Å². The number of halogens is 2. The number of nitrogens with zero attached hydrogens (tertiary/aromatic N) is 6. The molecule has 0 bridgehead atoms. The van der Waals surface area contributed by atoms with E-state index in [2.05, 4.69) is 20.6 Å². The van der Waals surface area contributed by atoms with E-state index >= 15 is 0 Å². The van der Waals surface area contributed by atoms with Gasteiger partial charge in [-0.3, -0.25) is 14.2 Å². The van der Waals surface area contributed by atoms with Gasteiger partial charge in [-0.15, -0.1) is 0 Å². The molecule has 0 aliphatic heterocycles.